The zero-order valence-corrected chi connectivity index (χ0v) is 14.1. The topological polar surface area (TPSA) is 77.0 Å². The van der Waals surface area contributed by atoms with Gasteiger partial charge in [0.05, 0.1) is 5.92 Å². The smallest absolute Gasteiger partial charge is 0.296 e. The monoisotopic (exact) mass is 418 g/mol. The molecule has 0 spiro atoms. The lowest BCUT2D eigenvalue weighted by atomic mass is 9.82. The van der Waals surface area contributed by atoms with Crippen molar-refractivity contribution < 1.29 is 14.5 Å². The highest BCUT2D eigenvalue weighted by atomic mass is 127. The molecule has 6 heteroatoms. The fraction of sp³-hybridized carbons (Fsp3) is 0.118. The van der Waals surface area contributed by atoms with E-state index in [0.29, 0.717) is 0 Å². The molecule has 0 bridgehead atoms. The Kier molecular flexibility index (Phi) is 4.30. The summed E-state index contributed by atoms with van der Waals surface area (Å²) < 4.78 is 2.69. The molecule has 0 radical (unpaired) electrons. The third-order valence-electron chi connectivity index (χ3n) is 3.81. The van der Waals surface area contributed by atoms with Crippen LogP contribution in [0.3, 0.4) is 0 Å². The molecule has 3 rings (SSSR count). The summed E-state index contributed by atoms with van der Waals surface area (Å²) in [7, 11) is 0. The third-order valence-corrected chi connectivity index (χ3v) is 4.80. The number of carbonyl (C=O) groups excluding carboxylic acids is 1. The van der Waals surface area contributed by atoms with Gasteiger partial charge in [-0.3, -0.25) is 10.1 Å². The zero-order chi connectivity index (χ0) is 16.4. The van der Waals surface area contributed by atoms with Crippen LogP contribution in [0.15, 0.2) is 66.3 Å². The number of aromatic nitrogens is 1. The molecule has 2 unspecified atom stereocenters. The second kappa shape index (κ2) is 6.38. The highest BCUT2D eigenvalue weighted by Crippen LogP contribution is 2.38. The molecule has 1 aliphatic rings. The molecule has 5 nitrogen and oxygen atoms in total. The van der Waals surface area contributed by atoms with E-state index in [1.807, 2.05) is 48.5 Å². The van der Waals surface area contributed by atoms with Gasteiger partial charge in [0.15, 0.2) is 12.4 Å². The van der Waals surface area contributed by atoms with E-state index in [4.69, 9.17) is 0 Å². The van der Waals surface area contributed by atoms with Crippen molar-refractivity contribution in [2.24, 2.45) is 0 Å². The number of aliphatic hydroxyl groups excluding tert-OH is 1. The molecule has 1 aromatic heterocycles. The van der Waals surface area contributed by atoms with Crippen LogP contribution in [0.5, 0.6) is 0 Å². The van der Waals surface area contributed by atoms with E-state index < -0.39 is 12.0 Å². The molecule has 114 valence electrons. The quantitative estimate of drug-likeness (QED) is 0.581. The lowest BCUT2D eigenvalue weighted by Crippen LogP contribution is -2.53. The lowest BCUT2D eigenvalue weighted by molar-refractivity contribution is -0.711. The Balaban J connectivity index is 2.23. The first-order valence-corrected chi connectivity index (χ1v) is 8.05. The predicted octanol–water partition coefficient (Wildman–Crippen LogP) is 2.33. The molecular weight excluding hydrogens is 405 g/mol. The molecule has 0 saturated carbocycles. The van der Waals surface area contributed by atoms with Crippen LogP contribution in [0.1, 0.15) is 17.5 Å². The molecule has 2 N–H and O–H groups in total. The van der Waals surface area contributed by atoms with Gasteiger partial charge in [-0.2, -0.15) is 9.83 Å². The Hall–Kier alpha value is -2.40. The summed E-state index contributed by atoms with van der Waals surface area (Å²) >= 11 is 2.18. The SMILES string of the molecule is N#CC1=C(O)NC(=O)C([n+]2ccccc2)C1c1ccccc1I. The van der Waals surface area contributed by atoms with Crippen LogP contribution in [-0.2, 0) is 4.79 Å². The van der Waals surface area contributed by atoms with Gasteiger partial charge in [0, 0.05) is 15.7 Å². The molecule has 1 aliphatic heterocycles. The van der Waals surface area contributed by atoms with Crippen molar-refractivity contribution in [1.82, 2.24) is 5.32 Å². The van der Waals surface area contributed by atoms with E-state index >= 15 is 0 Å². The zero-order valence-electron chi connectivity index (χ0n) is 12.0. The average Bonchev–Trinajstić information content (AvgIpc) is 2.55. The Morgan fingerprint density at radius 2 is 1.87 bits per heavy atom. The van der Waals surface area contributed by atoms with Crippen LogP contribution in [0.4, 0.5) is 0 Å². The highest BCUT2D eigenvalue weighted by molar-refractivity contribution is 14.1. The molecule has 0 saturated heterocycles. The minimum Gasteiger partial charge on any atom is -0.494 e. The molecule has 2 atom stereocenters. The van der Waals surface area contributed by atoms with Crippen molar-refractivity contribution in [3.05, 3.63) is 75.4 Å². The van der Waals surface area contributed by atoms with Gasteiger partial charge in [0.25, 0.3) is 5.91 Å². The number of allylic oxidation sites excluding steroid dienone is 1. The number of rotatable bonds is 2. The van der Waals surface area contributed by atoms with E-state index in [0.717, 1.165) is 9.13 Å². The van der Waals surface area contributed by atoms with Crippen molar-refractivity contribution in [3.63, 3.8) is 0 Å². The van der Waals surface area contributed by atoms with Crippen molar-refractivity contribution in [2.75, 3.05) is 0 Å². The fourth-order valence-corrected chi connectivity index (χ4v) is 3.52. The number of hydrogen-bond donors (Lipinski definition) is 2. The number of nitriles is 1. The summed E-state index contributed by atoms with van der Waals surface area (Å²) in [5.41, 5.74) is 1.00. The summed E-state index contributed by atoms with van der Waals surface area (Å²) in [6, 6.07) is 14.5. The van der Waals surface area contributed by atoms with E-state index in [9.17, 15) is 15.2 Å². The standard InChI is InChI=1S/C17H12IN3O2/c18-13-7-3-2-6-11(13)14-12(10-19)16(22)20-17(23)15(14)21-8-4-1-5-9-21/h1-9,14-15H,(H-,20,22,23)/p+1. The van der Waals surface area contributed by atoms with Gasteiger partial charge in [-0.1, -0.05) is 24.3 Å². The largest absolute Gasteiger partial charge is 0.494 e. The molecule has 23 heavy (non-hydrogen) atoms. The van der Waals surface area contributed by atoms with Crippen molar-refractivity contribution in [3.8, 4) is 6.07 Å². The van der Waals surface area contributed by atoms with Gasteiger partial charge in [-0.25, -0.2) is 0 Å². The van der Waals surface area contributed by atoms with Gasteiger partial charge in [0.2, 0.25) is 11.9 Å². The number of halogens is 1. The summed E-state index contributed by atoms with van der Waals surface area (Å²) in [4.78, 5) is 12.5. The number of aliphatic hydroxyl groups is 1. The van der Waals surface area contributed by atoms with E-state index in [-0.39, 0.29) is 17.4 Å². The van der Waals surface area contributed by atoms with E-state index in [1.54, 1.807) is 17.0 Å². The number of hydrogen-bond acceptors (Lipinski definition) is 3. The Morgan fingerprint density at radius 3 is 2.52 bits per heavy atom. The number of benzene rings is 1. The normalized spacial score (nSPS) is 20.8. The number of carbonyl (C=O) groups is 1. The van der Waals surface area contributed by atoms with Crippen LogP contribution in [-0.4, -0.2) is 11.0 Å². The summed E-state index contributed by atoms with van der Waals surface area (Å²) in [6.07, 6.45) is 3.56. The van der Waals surface area contributed by atoms with Crippen LogP contribution in [0.25, 0.3) is 0 Å². The van der Waals surface area contributed by atoms with Gasteiger partial charge >= 0.3 is 0 Å². The van der Waals surface area contributed by atoms with Crippen molar-refractivity contribution >= 4 is 28.5 Å². The summed E-state index contributed by atoms with van der Waals surface area (Å²) in [5, 5.41) is 21.9. The number of nitrogens with zero attached hydrogens (tertiary/aromatic N) is 2. The Bertz CT molecular complexity index is 827. The van der Waals surface area contributed by atoms with E-state index in [1.165, 1.54) is 0 Å². The Labute approximate surface area is 147 Å². The molecule has 0 fully saturated rings. The second-order valence-electron chi connectivity index (χ2n) is 5.13. The first-order chi connectivity index (χ1) is 11.1. The van der Waals surface area contributed by atoms with Gasteiger partial charge in [-0.15, -0.1) is 0 Å². The number of nitrogens with one attached hydrogen (secondary N) is 1. The molecule has 0 aliphatic carbocycles. The molecule has 1 aromatic carbocycles. The maximum absolute atomic E-state index is 12.5. The highest BCUT2D eigenvalue weighted by Gasteiger charge is 2.46. The van der Waals surface area contributed by atoms with Crippen LogP contribution < -0.4 is 9.88 Å². The fourth-order valence-electron chi connectivity index (χ4n) is 2.79. The second-order valence-corrected chi connectivity index (χ2v) is 6.29. The molecular formula is C17H13IN3O2+. The number of amides is 1. The molecule has 1 amide bonds. The van der Waals surface area contributed by atoms with Crippen molar-refractivity contribution in [2.45, 2.75) is 12.0 Å². The van der Waals surface area contributed by atoms with Crippen molar-refractivity contribution in [1.29, 1.82) is 5.26 Å². The van der Waals surface area contributed by atoms with Crippen LogP contribution in [0, 0.1) is 14.9 Å². The molecule has 2 aromatic rings. The summed E-state index contributed by atoms with van der Waals surface area (Å²) in [5.74, 6) is -1.26. The molecule has 2 heterocycles. The minimum absolute atomic E-state index is 0.162. The Morgan fingerprint density at radius 1 is 1.17 bits per heavy atom. The van der Waals surface area contributed by atoms with Gasteiger partial charge in [-0.05, 0) is 34.2 Å². The third kappa shape index (κ3) is 2.80. The lowest BCUT2D eigenvalue weighted by Gasteiger charge is -2.27. The first-order valence-electron chi connectivity index (χ1n) is 6.97. The van der Waals surface area contributed by atoms with Crippen LogP contribution in [0.2, 0.25) is 0 Å². The number of pyridine rings is 1. The van der Waals surface area contributed by atoms with E-state index in [2.05, 4.69) is 27.9 Å². The van der Waals surface area contributed by atoms with Gasteiger partial charge < -0.3 is 5.11 Å². The average molecular weight is 418 g/mol. The van der Waals surface area contributed by atoms with Crippen LogP contribution >= 0.6 is 22.6 Å². The minimum atomic E-state index is -0.641. The maximum atomic E-state index is 12.5. The first kappa shape index (κ1) is 15.5. The maximum Gasteiger partial charge on any atom is 0.296 e. The van der Waals surface area contributed by atoms with Gasteiger partial charge in [0.1, 0.15) is 11.6 Å². The summed E-state index contributed by atoms with van der Waals surface area (Å²) in [6.45, 7) is 0. The predicted molar refractivity (Wildman–Crippen MR) is 91.0 cm³/mol.